The lowest BCUT2D eigenvalue weighted by Crippen LogP contribution is -2.38. The van der Waals surface area contributed by atoms with Crippen molar-refractivity contribution in [2.24, 2.45) is 0 Å². The molecule has 1 heterocycles. The van der Waals surface area contributed by atoms with Gasteiger partial charge in [-0.15, -0.1) is 0 Å². The maximum Gasteiger partial charge on any atom is 0.328 e. The predicted molar refractivity (Wildman–Crippen MR) is 79.6 cm³/mol. The minimum atomic E-state index is -0.587. The van der Waals surface area contributed by atoms with Crippen molar-refractivity contribution >= 4 is 17.7 Å². The summed E-state index contributed by atoms with van der Waals surface area (Å²) < 4.78 is 4.74. The number of carbonyl (C=O) groups is 3. The molecule has 0 spiro atoms. The normalized spacial score (nSPS) is 18.3. The molecule has 0 bridgehead atoms. The molecule has 1 aliphatic rings. The van der Waals surface area contributed by atoms with Crippen LogP contribution in [0.25, 0.3) is 0 Å². The molecular weight excluding hydrogens is 270 g/mol. The zero-order chi connectivity index (χ0) is 15.5. The molecule has 1 rings (SSSR count). The first kappa shape index (κ1) is 17.1. The van der Waals surface area contributed by atoms with Crippen molar-refractivity contribution in [1.82, 2.24) is 5.32 Å². The summed E-state index contributed by atoms with van der Waals surface area (Å²) in [7, 11) is 0. The maximum absolute atomic E-state index is 11.6. The van der Waals surface area contributed by atoms with Gasteiger partial charge in [0, 0.05) is 12.8 Å². The number of hydrogen-bond donors (Lipinski definition) is 1. The average Bonchev–Trinajstić information content (AvgIpc) is 2.83. The summed E-state index contributed by atoms with van der Waals surface area (Å²) in [6.07, 6.45) is 11.3. The lowest BCUT2D eigenvalue weighted by molar-refractivity contribution is -0.142. The van der Waals surface area contributed by atoms with Crippen LogP contribution in [0.5, 0.6) is 0 Å². The molecule has 1 aliphatic heterocycles. The molecule has 0 unspecified atom stereocenters. The largest absolute Gasteiger partial charge is 0.464 e. The Balaban J connectivity index is 2.13. The third-order valence-corrected chi connectivity index (χ3v) is 3.06. The number of allylic oxidation sites excluding steroid dienone is 4. The molecule has 1 fully saturated rings. The summed E-state index contributed by atoms with van der Waals surface area (Å²) in [5, 5.41) is 2.52. The van der Waals surface area contributed by atoms with Gasteiger partial charge in [0.05, 0.1) is 13.0 Å². The van der Waals surface area contributed by atoms with Crippen molar-refractivity contribution in [3.63, 3.8) is 0 Å². The molecule has 21 heavy (non-hydrogen) atoms. The molecule has 5 nitrogen and oxygen atoms in total. The highest BCUT2D eigenvalue weighted by Crippen LogP contribution is 2.06. The van der Waals surface area contributed by atoms with E-state index in [9.17, 15) is 14.4 Å². The monoisotopic (exact) mass is 293 g/mol. The number of ketones is 1. The lowest BCUT2D eigenvalue weighted by atomic mass is 10.1. The number of nitrogens with one attached hydrogen (secondary N) is 1. The molecule has 1 saturated heterocycles. The van der Waals surface area contributed by atoms with Crippen LogP contribution in [0.2, 0.25) is 0 Å². The van der Waals surface area contributed by atoms with Crippen molar-refractivity contribution in [3.05, 3.63) is 24.3 Å². The summed E-state index contributed by atoms with van der Waals surface area (Å²) in [5.41, 5.74) is 0. The summed E-state index contributed by atoms with van der Waals surface area (Å²) in [4.78, 5) is 34.4. The number of carbonyl (C=O) groups excluding carboxylic acids is 3. The Morgan fingerprint density at radius 2 is 2.05 bits per heavy atom. The van der Waals surface area contributed by atoms with Gasteiger partial charge in [-0.1, -0.05) is 31.2 Å². The molecule has 1 atom stereocenters. The van der Waals surface area contributed by atoms with Crippen molar-refractivity contribution < 1.29 is 19.1 Å². The van der Waals surface area contributed by atoms with E-state index in [1.165, 1.54) is 0 Å². The number of ether oxygens (including phenoxy) is 1. The van der Waals surface area contributed by atoms with E-state index in [0.29, 0.717) is 25.9 Å². The van der Waals surface area contributed by atoms with Crippen LogP contribution in [0, 0.1) is 0 Å². The van der Waals surface area contributed by atoms with Crippen LogP contribution in [0.15, 0.2) is 24.3 Å². The molecule has 0 aromatic rings. The minimum Gasteiger partial charge on any atom is -0.464 e. The highest BCUT2D eigenvalue weighted by molar-refractivity contribution is 5.99. The van der Waals surface area contributed by atoms with Gasteiger partial charge in [0.15, 0.2) is 0 Å². The number of esters is 1. The smallest absolute Gasteiger partial charge is 0.328 e. The second-order valence-corrected chi connectivity index (χ2v) is 4.92. The van der Waals surface area contributed by atoms with Crippen molar-refractivity contribution in [2.45, 2.75) is 51.5 Å². The fraction of sp³-hybridized carbons (Fsp3) is 0.562. The zero-order valence-electron chi connectivity index (χ0n) is 12.5. The van der Waals surface area contributed by atoms with E-state index >= 15 is 0 Å². The Morgan fingerprint density at radius 3 is 2.71 bits per heavy atom. The van der Waals surface area contributed by atoms with Crippen LogP contribution >= 0.6 is 0 Å². The molecular formula is C16H23NO4. The highest BCUT2D eigenvalue weighted by Gasteiger charge is 2.28. The second kappa shape index (κ2) is 9.91. The van der Waals surface area contributed by atoms with Gasteiger partial charge >= 0.3 is 5.97 Å². The van der Waals surface area contributed by atoms with Crippen LogP contribution < -0.4 is 5.32 Å². The quantitative estimate of drug-likeness (QED) is 0.401. The first-order chi connectivity index (χ1) is 10.1. The second-order valence-electron chi connectivity index (χ2n) is 4.92. The van der Waals surface area contributed by atoms with Crippen LogP contribution in [0.3, 0.4) is 0 Å². The van der Waals surface area contributed by atoms with Crippen LogP contribution in [-0.2, 0) is 19.1 Å². The van der Waals surface area contributed by atoms with Gasteiger partial charge in [0.1, 0.15) is 11.8 Å². The zero-order valence-corrected chi connectivity index (χ0v) is 12.5. The van der Waals surface area contributed by atoms with E-state index in [-0.39, 0.29) is 12.2 Å². The van der Waals surface area contributed by atoms with Crippen LogP contribution in [0.4, 0.5) is 0 Å². The van der Waals surface area contributed by atoms with E-state index in [1.807, 2.05) is 12.2 Å². The number of hydrogen-bond acceptors (Lipinski definition) is 4. The predicted octanol–water partition coefficient (Wildman–Crippen LogP) is 2.07. The Hall–Kier alpha value is -1.91. The molecule has 5 heteroatoms. The topological polar surface area (TPSA) is 72.5 Å². The van der Waals surface area contributed by atoms with E-state index in [1.54, 1.807) is 0 Å². The Labute approximate surface area is 125 Å². The third-order valence-electron chi connectivity index (χ3n) is 3.06. The Bertz CT molecular complexity index is 426. The number of cyclic esters (lactones) is 1. The van der Waals surface area contributed by atoms with Crippen molar-refractivity contribution in [2.75, 3.05) is 6.61 Å². The third kappa shape index (κ3) is 7.44. The summed E-state index contributed by atoms with van der Waals surface area (Å²) in [6.45, 7) is 2.41. The molecule has 0 aromatic carbocycles. The fourth-order valence-electron chi connectivity index (χ4n) is 1.94. The van der Waals surface area contributed by atoms with Gasteiger partial charge in [0.2, 0.25) is 5.91 Å². The van der Waals surface area contributed by atoms with Gasteiger partial charge in [-0.05, 0) is 19.3 Å². The SMILES string of the molecule is CC/C=C\C/C=C\CCC(=O)CC(=O)N[C@H]1CCOC1=O. The molecule has 0 saturated carbocycles. The molecule has 1 amide bonds. The van der Waals surface area contributed by atoms with Crippen molar-refractivity contribution in [3.8, 4) is 0 Å². The first-order valence-electron chi connectivity index (χ1n) is 7.41. The van der Waals surface area contributed by atoms with E-state index in [2.05, 4.69) is 24.4 Å². The van der Waals surface area contributed by atoms with Gasteiger partial charge in [-0.25, -0.2) is 4.79 Å². The number of rotatable bonds is 9. The fourth-order valence-corrected chi connectivity index (χ4v) is 1.94. The molecule has 0 radical (unpaired) electrons. The number of Topliss-reactive ketones (excluding diaryl/α,β-unsaturated/α-hetero) is 1. The van der Waals surface area contributed by atoms with E-state index < -0.39 is 17.9 Å². The first-order valence-corrected chi connectivity index (χ1v) is 7.41. The summed E-state index contributed by atoms with van der Waals surface area (Å²) in [6, 6.07) is -0.587. The maximum atomic E-state index is 11.6. The molecule has 1 N–H and O–H groups in total. The number of amides is 1. The Morgan fingerprint density at radius 1 is 1.29 bits per heavy atom. The standard InChI is InChI=1S/C16H23NO4/c1-2-3-4-5-6-7-8-9-13(18)12-15(19)17-14-10-11-21-16(14)20/h3-4,6-7,14H,2,5,8-12H2,1H3,(H,17,19)/b4-3-,7-6-/t14-/m0/s1. The van der Waals surface area contributed by atoms with E-state index in [0.717, 1.165) is 12.8 Å². The van der Waals surface area contributed by atoms with Crippen LogP contribution in [-0.4, -0.2) is 30.3 Å². The van der Waals surface area contributed by atoms with Gasteiger partial charge in [-0.2, -0.15) is 0 Å². The van der Waals surface area contributed by atoms with E-state index in [4.69, 9.17) is 4.74 Å². The lowest BCUT2D eigenvalue weighted by Gasteiger charge is -2.07. The molecule has 116 valence electrons. The van der Waals surface area contributed by atoms with Gasteiger partial charge < -0.3 is 10.1 Å². The molecule has 0 aromatic heterocycles. The molecule has 0 aliphatic carbocycles. The van der Waals surface area contributed by atoms with Crippen molar-refractivity contribution in [1.29, 1.82) is 0 Å². The average molecular weight is 293 g/mol. The highest BCUT2D eigenvalue weighted by atomic mass is 16.5. The van der Waals surface area contributed by atoms with Crippen LogP contribution in [0.1, 0.15) is 45.4 Å². The minimum absolute atomic E-state index is 0.118. The van der Waals surface area contributed by atoms with Gasteiger partial charge in [-0.3, -0.25) is 9.59 Å². The Kier molecular flexibility index (Phi) is 8.09. The van der Waals surface area contributed by atoms with Gasteiger partial charge in [0.25, 0.3) is 0 Å². The summed E-state index contributed by atoms with van der Waals surface area (Å²) >= 11 is 0. The summed E-state index contributed by atoms with van der Waals surface area (Å²) in [5.74, 6) is -0.940.